The van der Waals surface area contributed by atoms with E-state index in [-0.39, 0.29) is 18.3 Å². The Kier molecular flexibility index (Phi) is 6.82. The van der Waals surface area contributed by atoms with Gasteiger partial charge >= 0.3 is 0 Å². The van der Waals surface area contributed by atoms with E-state index in [2.05, 4.69) is 17.7 Å². The topological polar surface area (TPSA) is 50.4 Å². The van der Waals surface area contributed by atoms with E-state index >= 15 is 0 Å². The van der Waals surface area contributed by atoms with Crippen LogP contribution in [0.15, 0.2) is 54.6 Å². The van der Waals surface area contributed by atoms with Gasteiger partial charge < -0.3 is 32.3 Å². The van der Waals surface area contributed by atoms with Gasteiger partial charge in [0.1, 0.15) is 13.1 Å². The quantitative estimate of drug-likeness (QED) is 0.728. The van der Waals surface area contributed by atoms with Crippen LogP contribution in [-0.2, 0) is 9.53 Å². The van der Waals surface area contributed by atoms with Crippen molar-refractivity contribution < 1.29 is 26.4 Å². The van der Waals surface area contributed by atoms with Gasteiger partial charge in [0, 0.05) is 5.69 Å². The van der Waals surface area contributed by atoms with Crippen LogP contribution in [0.25, 0.3) is 0 Å². The second-order valence-electron chi connectivity index (χ2n) is 6.42. The molecule has 0 radical (unpaired) electrons. The minimum absolute atomic E-state index is 0. The van der Waals surface area contributed by atoms with Crippen LogP contribution >= 0.6 is 0 Å². The zero-order chi connectivity index (χ0) is 16.8. The van der Waals surface area contributed by atoms with E-state index in [0.717, 1.165) is 47.8 Å². The second-order valence-corrected chi connectivity index (χ2v) is 6.42. The lowest BCUT2D eigenvalue weighted by Crippen LogP contribution is -3.00. The highest BCUT2D eigenvalue weighted by atomic mass is 35.5. The van der Waals surface area contributed by atoms with Gasteiger partial charge in [-0.15, -0.1) is 0 Å². The molecule has 3 rings (SSSR count). The fraction of sp³-hybridized carbons (Fsp3) is 0.316. The first-order chi connectivity index (χ1) is 11.6. The highest BCUT2D eigenvalue weighted by molar-refractivity contribution is 5.95. The number of likely N-dealkylation sites (N-methyl/N-ethyl adjacent to an activating group) is 1. The summed E-state index contributed by atoms with van der Waals surface area (Å²) in [5.41, 5.74) is 2.68. The smallest absolute Gasteiger partial charge is 0.279 e. The molecule has 1 fully saturated rings. The Balaban J connectivity index is 0.00000225. The minimum atomic E-state index is 0. The van der Waals surface area contributed by atoms with Gasteiger partial charge in [0.2, 0.25) is 0 Å². The average Bonchev–Trinajstić information content (AvgIpc) is 2.58. The molecule has 25 heavy (non-hydrogen) atoms. The number of amides is 1. The van der Waals surface area contributed by atoms with Gasteiger partial charge in [0.05, 0.1) is 31.6 Å². The van der Waals surface area contributed by atoms with E-state index in [4.69, 9.17) is 4.74 Å². The van der Waals surface area contributed by atoms with Gasteiger partial charge in [0.15, 0.2) is 6.54 Å². The molecule has 1 amide bonds. The van der Waals surface area contributed by atoms with Crippen LogP contribution in [0.2, 0.25) is 0 Å². The van der Waals surface area contributed by atoms with Crippen LogP contribution in [0, 0.1) is 0 Å². The molecule has 2 aromatic carbocycles. The lowest BCUT2D eigenvalue weighted by atomic mass is 10.2. The maximum atomic E-state index is 12.5. The number of morpholine rings is 1. The number of rotatable bonds is 5. The number of hydrogen-bond donors (Lipinski definition) is 2. The summed E-state index contributed by atoms with van der Waals surface area (Å²) < 4.78 is 6.12. The Bertz CT molecular complexity index is 688. The van der Waals surface area contributed by atoms with Gasteiger partial charge in [-0.3, -0.25) is 4.79 Å². The average molecular weight is 362 g/mol. The van der Waals surface area contributed by atoms with Crippen LogP contribution in [0.4, 0.5) is 17.1 Å². The number of anilines is 3. The Morgan fingerprint density at radius 2 is 1.60 bits per heavy atom. The third kappa shape index (κ3) is 5.46. The summed E-state index contributed by atoms with van der Waals surface area (Å²) in [6.07, 6.45) is 0. The molecule has 2 N–H and O–H groups in total. The molecule has 2 aromatic rings. The number of quaternary nitrogens is 1. The zero-order valence-corrected chi connectivity index (χ0v) is 15.1. The summed E-state index contributed by atoms with van der Waals surface area (Å²) in [6, 6.07) is 17.7. The van der Waals surface area contributed by atoms with Gasteiger partial charge in [-0.25, -0.2) is 0 Å². The second kappa shape index (κ2) is 8.85. The van der Waals surface area contributed by atoms with Crippen molar-refractivity contribution in [3.63, 3.8) is 0 Å². The number of para-hydroxylation sites is 3. The zero-order valence-electron chi connectivity index (χ0n) is 14.4. The van der Waals surface area contributed by atoms with Crippen LogP contribution in [-0.4, -0.2) is 50.3 Å². The summed E-state index contributed by atoms with van der Waals surface area (Å²) in [5.74, 6) is 0.0294. The largest absolute Gasteiger partial charge is 1.00 e. The minimum Gasteiger partial charge on any atom is -1.00 e. The molecule has 1 aliphatic heterocycles. The lowest BCUT2D eigenvalue weighted by molar-refractivity contribution is -0.909. The number of hydrogen-bond acceptors (Lipinski definition) is 3. The summed E-state index contributed by atoms with van der Waals surface area (Å²) in [6.45, 7) is 3.64. The number of carbonyl (C=O) groups excluding carboxylic acids is 1. The van der Waals surface area contributed by atoms with Crippen molar-refractivity contribution in [1.29, 1.82) is 0 Å². The predicted molar refractivity (Wildman–Crippen MR) is 96.4 cm³/mol. The van der Waals surface area contributed by atoms with Gasteiger partial charge in [-0.1, -0.05) is 30.3 Å². The molecule has 0 spiro atoms. The Hall–Kier alpha value is -2.08. The van der Waals surface area contributed by atoms with Gasteiger partial charge in [-0.05, 0) is 24.3 Å². The third-order valence-corrected chi connectivity index (χ3v) is 4.33. The van der Waals surface area contributed by atoms with Crippen molar-refractivity contribution in [3.8, 4) is 0 Å². The highest BCUT2D eigenvalue weighted by Gasteiger charge is 2.28. The van der Waals surface area contributed by atoms with Crippen LogP contribution < -0.4 is 23.0 Å². The van der Waals surface area contributed by atoms with Crippen LogP contribution in [0.5, 0.6) is 0 Å². The molecule has 0 atom stereocenters. The molecular formula is C19H24ClN3O2. The standard InChI is InChI=1S/C19H23N3O2.ClH/c1-22(11-13-24-14-12-22)15-19(23)21-18-10-6-5-9-17(18)20-16-7-3-2-4-8-16;/h2-10,20H,11-15H2,1H3;1H. The highest BCUT2D eigenvalue weighted by Crippen LogP contribution is 2.25. The SMILES string of the molecule is C[N+]1(CC(=O)Nc2ccccc2Nc2ccccc2)CCOCC1.[Cl-]. The fourth-order valence-corrected chi connectivity index (χ4v) is 2.86. The molecule has 6 heteroatoms. The van der Waals surface area contributed by atoms with Crippen LogP contribution in [0.3, 0.4) is 0 Å². The lowest BCUT2D eigenvalue weighted by Gasteiger charge is -2.36. The molecule has 5 nitrogen and oxygen atoms in total. The van der Waals surface area contributed by atoms with Crippen molar-refractivity contribution in [2.24, 2.45) is 0 Å². The van der Waals surface area contributed by atoms with Crippen molar-refractivity contribution in [1.82, 2.24) is 0 Å². The number of nitrogens with one attached hydrogen (secondary N) is 2. The number of ether oxygens (including phenoxy) is 1. The maximum absolute atomic E-state index is 12.5. The number of halogens is 1. The van der Waals surface area contributed by atoms with Crippen LogP contribution in [0.1, 0.15) is 0 Å². The molecule has 1 aliphatic rings. The molecule has 0 aromatic heterocycles. The summed E-state index contributed by atoms with van der Waals surface area (Å²) in [7, 11) is 2.11. The monoisotopic (exact) mass is 361 g/mol. The molecule has 134 valence electrons. The third-order valence-electron chi connectivity index (χ3n) is 4.33. The van der Waals surface area contributed by atoms with Crippen molar-refractivity contribution >= 4 is 23.0 Å². The molecule has 1 saturated heterocycles. The Morgan fingerprint density at radius 1 is 1.00 bits per heavy atom. The first kappa shape index (κ1) is 19.2. The van der Waals surface area contributed by atoms with Crippen molar-refractivity contribution in [2.75, 3.05) is 50.5 Å². The maximum Gasteiger partial charge on any atom is 0.279 e. The number of benzene rings is 2. The molecule has 0 saturated carbocycles. The molecule has 0 unspecified atom stereocenters. The molecule has 1 heterocycles. The Morgan fingerprint density at radius 3 is 2.28 bits per heavy atom. The van der Waals surface area contributed by atoms with E-state index in [1.807, 2.05) is 54.6 Å². The normalized spacial score (nSPS) is 15.7. The summed E-state index contributed by atoms with van der Waals surface area (Å²) in [5, 5.41) is 6.40. The first-order valence-electron chi connectivity index (χ1n) is 8.27. The fourth-order valence-electron chi connectivity index (χ4n) is 2.86. The van der Waals surface area contributed by atoms with E-state index < -0.39 is 0 Å². The first-order valence-corrected chi connectivity index (χ1v) is 8.27. The number of carbonyl (C=O) groups is 1. The Labute approximate surface area is 155 Å². The predicted octanol–water partition coefficient (Wildman–Crippen LogP) is -0.150. The summed E-state index contributed by atoms with van der Waals surface area (Å²) >= 11 is 0. The number of nitrogens with zero attached hydrogens (tertiary/aromatic N) is 1. The van der Waals surface area contributed by atoms with E-state index in [9.17, 15) is 4.79 Å². The van der Waals surface area contributed by atoms with Crippen molar-refractivity contribution in [3.05, 3.63) is 54.6 Å². The summed E-state index contributed by atoms with van der Waals surface area (Å²) in [4.78, 5) is 12.5. The molecule has 0 aliphatic carbocycles. The van der Waals surface area contributed by atoms with E-state index in [1.54, 1.807) is 0 Å². The van der Waals surface area contributed by atoms with Gasteiger partial charge in [0.25, 0.3) is 5.91 Å². The van der Waals surface area contributed by atoms with E-state index in [1.165, 1.54) is 0 Å². The molecular weight excluding hydrogens is 338 g/mol. The van der Waals surface area contributed by atoms with Crippen molar-refractivity contribution in [2.45, 2.75) is 0 Å². The van der Waals surface area contributed by atoms with Gasteiger partial charge in [-0.2, -0.15) is 0 Å². The molecule has 0 bridgehead atoms. The van der Waals surface area contributed by atoms with E-state index in [0.29, 0.717) is 6.54 Å².